The number of aromatic nitrogens is 1. The number of pyridine rings is 1. The predicted molar refractivity (Wildman–Crippen MR) is 109 cm³/mol. The molecule has 2 atom stereocenters. The number of piperazine rings is 1. The second kappa shape index (κ2) is 7.02. The minimum Gasteiger partial charge on any atom is -0.339 e. The maximum Gasteiger partial charge on any atom is 0.272 e. The van der Waals surface area contributed by atoms with Crippen molar-refractivity contribution in [1.82, 2.24) is 14.8 Å². The van der Waals surface area contributed by atoms with E-state index in [0.717, 1.165) is 17.3 Å². The molecule has 5 nitrogen and oxygen atoms in total. The van der Waals surface area contributed by atoms with E-state index in [0.29, 0.717) is 37.8 Å². The van der Waals surface area contributed by atoms with Crippen LogP contribution in [-0.4, -0.2) is 52.8 Å². The van der Waals surface area contributed by atoms with Crippen LogP contribution in [0.1, 0.15) is 27.7 Å². The zero-order valence-corrected chi connectivity index (χ0v) is 16.3. The van der Waals surface area contributed by atoms with Gasteiger partial charge in [0.2, 0.25) is 5.91 Å². The van der Waals surface area contributed by atoms with E-state index in [1.807, 2.05) is 46.2 Å². The number of fused-ring (bicyclic) bond motifs is 1. The Kier molecular flexibility index (Phi) is 4.36. The number of carbonyl (C=O) groups excluding carboxylic acids is 2. The molecule has 1 saturated carbocycles. The minimum absolute atomic E-state index is 0.0549. The first kappa shape index (κ1) is 17.4. The van der Waals surface area contributed by atoms with E-state index < -0.39 is 0 Å². The number of rotatable bonds is 3. The van der Waals surface area contributed by atoms with Crippen LogP contribution in [0.2, 0.25) is 0 Å². The van der Waals surface area contributed by atoms with Crippen molar-refractivity contribution in [2.24, 2.45) is 5.92 Å². The standard InChI is InChI=1S/C22H21N3O2S/c26-21(17-14-16(17)20-6-3-13-28-20)24-9-11-25(12-10-24)22(27)19-8-7-15-4-1-2-5-18(15)23-19/h1-8,13,16-17H,9-12,14H2. The maximum atomic E-state index is 12.8. The number of thiophene rings is 1. The fourth-order valence-corrected chi connectivity index (χ4v) is 4.90. The summed E-state index contributed by atoms with van der Waals surface area (Å²) in [6.07, 6.45) is 0.958. The average molecular weight is 391 g/mol. The first-order valence-electron chi connectivity index (χ1n) is 9.68. The summed E-state index contributed by atoms with van der Waals surface area (Å²) in [5, 5.41) is 3.10. The van der Waals surface area contributed by atoms with Crippen molar-refractivity contribution in [1.29, 1.82) is 0 Å². The van der Waals surface area contributed by atoms with Crippen molar-refractivity contribution in [3.63, 3.8) is 0 Å². The fourth-order valence-electron chi connectivity index (χ4n) is 4.00. The molecule has 2 aromatic heterocycles. The fraction of sp³-hybridized carbons (Fsp3) is 0.318. The molecule has 1 saturated heterocycles. The second-order valence-electron chi connectivity index (χ2n) is 7.47. The van der Waals surface area contributed by atoms with Crippen LogP contribution in [-0.2, 0) is 4.79 Å². The van der Waals surface area contributed by atoms with Crippen molar-refractivity contribution in [2.75, 3.05) is 26.2 Å². The monoisotopic (exact) mass is 391 g/mol. The molecule has 28 heavy (non-hydrogen) atoms. The molecule has 0 radical (unpaired) electrons. The summed E-state index contributed by atoms with van der Waals surface area (Å²) in [6, 6.07) is 15.7. The van der Waals surface area contributed by atoms with Gasteiger partial charge in [-0.25, -0.2) is 4.98 Å². The van der Waals surface area contributed by atoms with E-state index in [1.54, 1.807) is 17.4 Å². The highest BCUT2D eigenvalue weighted by atomic mass is 32.1. The van der Waals surface area contributed by atoms with Gasteiger partial charge in [-0.2, -0.15) is 0 Å². The lowest BCUT2D eigenvalue weighted by Gasteiger charge is -2.34. The first-order valence-corrected chi connectivity index (χ1v) is 10.6. The topological polar surface area (TPSA) is 53.5 Å². The number of hydrogen-bond acceptors (Lipinski definition) is 4. The Morgan fingerprint density at radius 1 is 0.929 bits per heavy atom. The van der Waals surface area contributed by atoms with Crippen LogP contribution in [0.15, 0.2) is 53.9 Å². The molecule has 0 spiro atoms. The summed E-state index contributed by atoms with van der Waals surface area (Å²) in [5.74, 6) is 0.715. The van der Waals surface area contributed by atoms with Crippen LogP contribution in [0.4, 0.5) is 0 Å². The van der Waals surface area contributed by atoms with Crippen molar-refractivity contribution >= 4 is 34.1 Å². The van der Waals surface area contributed by atoms with Crippen LogP contribution >= 0.6 is 11.3 Å². The summed E-state index contributed by atoms with van der Waals surface area (Å²) >= 11 is 1.73. The highest BCUT2D eigenvalue weighted by molar-refractivity contribution is 7.10. The third-order valence-corrected chi connectivity index (χ3v) is 6.72. The van der Waals surface area contributed by atoms with Gasteiger partial charge in [0.1, 0.15) is 5.69 Å². The molecule has 2 aliphatic rings. The van der Waals surface area contributed by atoms with Crippen molar-refractivity contribution in [3.05, 3.63) is 64.5 Å². The number of amides is 2. The Morgan fingerprint density at radius 3 is 2.50 bits per heavy atom. The molecule has 2 amide bonds. The van der Waals surface area contributed by atoms with Crippen molar-refractivity contribution < 1.29 is 9.59 Å². The Morgan fingerprint density at radius 2 is 1.71 bits per heavy atom. The first-order chi connectivity index (χ1) is 13.7. The molecule has 0 bridgehead atoms. The Labute approximate surface area is 167 Å². The molecule has 1 aliphatic carbocycles. The van der Waals surface area contributed by atoms with Gasteiger partial charge in [-0.05, 0) is 30.0 Å². The van der Waals surface area contributed by atoms with Crippen LogP contribution in [0, 0.1) is 5.92 Å². The van der Waals surface area contributed by atoms with Gasteiger partial charge in [-0.15, -0.1) is 11.3 Å². The second-order valence-corrected chi connectivity index (χ2v) is 8.45. The Hall–Kier alpha value is -2.73. The third-order valence-electron chi connectivity index (χ3n) is 5.71. The summed E-state index contributed by atoms with van der Waals surface area (Å²) in [5.41, 5.74) is 1.30. The molecule has 0 N–H and O–H groups in total. The Bertz CT molecular complexity index is 1030. The quantitative estimate of drug-likeness (QED) is 0.688. The van der Waals surface area contributed by atoms with Gasteiger partial charge in [0, 0.05) is 48.3 Å². The van der Waals surface area contributed by atoms with Gasteiger partial charge in [0.05, 0.1) is 5.52 Å². The Balaban J connectivity index is 1.20. The lowest BCUT2D eigenvalue weighted by atomic mass is 10.2. The largest absolute Gasteiger partial charge is 0.339 e. The molecular formula is C22H21N3O2S. The van der Waals surface area contributed by atoms with E-state index in [2.05, 4.69) is 16.4 Å². The molecule has 1 aromatic carbocycles. The van der Waals surface area contributed by atoms with Crippen LogP contribution in [0.5, 0.6) is 0 Å². The molecular weight excluding hydrogens is 370 g/mol. The van der Waals surface area contributed by atoms with E-state index in [4.69, 9.17) is 0 Å². The van der Waals surface area contributed by atoms with Gasteiger partial charge < -0.3 is 9.80 Å². The van der Waals surface area contributed by atoms with E-state index >= 15 is 0 Å². The lowest BCUT2D eigenvalue weighted by Crippen LogP contribution is -2.51. The molecule has 3 aromatic rings. The molecule has 3 heterocycles. The number of benzene rings is 1. The van der Waals surface area contributed by atoms with Gasteiger partial charge in [0.25, 0.3) is 5.91 Å². The molecule has 5 rings (SSSR count). The zero-order chi connectivity index (χ0) is 19.1. The predicted octanol–water partition coefficient (Wildman–Crippen LogP) is 3.38. The summed E-state index contributed by atoms with van der Waals surface area (Å²) in [4.78, 5) is 35.2. The summed E-state index contributed by atoms with van der Waals surface area (Å²) in [6.45, 7) is 2.34. The van der Waals surface area contributed by atoms with Crippen LogP contribution < -0.4 is 0 Å². The van der Waals surface area contributed by atoms with Gasteiger partial charge in [0.15, 0.2) is 0 Å². The summed E-state index contributed by atoms with van der Waals surface area (Å²) in [7, 11) is 0. The normalized spacial score (nSPS) is 21.7. The number of para-hydroxylation sites is 1. The van der Waals surface area contributed by atoms with Crippen LogP contribution in [0.3, 0.4) is 0 Å². The van der Waals surface area contributed by atoms with E-state index in [-0.39, 0.29) is 17.7 Å². The van der Waals surface area contributed by atoms with Gasteiger partial charge in [-0.1, -0.05) is 30.3 Å². The van der Waals surface area contributed by atoms with Gasteiger partial charge in [-0.3, -0.25) is 9.59 Å². The molecule has 6 heteroatoms. The molecule has 2 unspecified atom stereocenters. The average Bonchev–Trinajstić information content (AvgIpc) is 3.36. The molecule has 2 fully saturated rings. The number of carbonyl (C=O) groups is 2. The molecule has 1 aliphatic heterocycles. The van der Waals surface area contributed by atoms with Crippen molar-refractivity contribution in [2.45, 2.75) is 12.3 Å². The van der Waals surface area contributed by atoms with Crippen LogP contribution in [0.25, 0.3) is 10.9 Å². The highest BCUT2D eigenvalue weighted by Crippen LogP contribution is 2.50. The summed E-state index contributed by atoms with van der Waals surface area (Å²) < 4.78 is 0. The van der Waals surface area contributed by atoms with E-state index in [1.165, 1.54) is 4.88 Å². The number of hydrogen-bond donors (Lipinski definition) is 0. The highest BCUT2D eigenvalue weighted by Gasteiger charge is 2.46. The number of nitrogens with zero attached hydrogens (tertiary/aromatic N) is 3. The minimum atomic E-state index is -0.0549. The lowest BCUT2D eigenvalue weighted by molar-refractivity contribution is -0.134. The van der Waals surface area contributed by atoms with Gasteiger partial charge >= 0.3 is 0 Å². The van der Waals surface area contributed by atoms with Crippen molar-refractivity contribution in [3.8, 4) is 0 Å². The zero-order valence-electron chi connectivity index (χ0n) is 15.5. The maximum absolute atomic E-state index is 12.8. The van der Waals surface area contributed by atoms with E-state index in [9.17, 15) is 9.59 Å². The molecule has 142 valence electrons. The SMILES string of the molecule is O=C(c1ccc2ccccc2n1)N1CCN(C(=O)C2CC2c2cccs2)CC1. The third kappa shape index (κ3) is 3.18. The smallest absolute Gasteiger partial charge is 0.272 e.